The molecule has 83 heavy (non-hydrogen) atoms. The molecule has 1 saturated heterocycles. The normalized spacial score (nSPS) is 16.9. The molecule has 1 fully saturated rings. The van der Waals surface area contributed by atoms with Gasteiger partial charge in [-0.05, 0) is 68.4 Å². The average Bonchev–Trinajstić information content (AvgIpc) is 4.08. The van der Waals surface area contributed by atoms with Crippen molar-refractivity contribution in [3.8, 4) is 5.75 Å². The molecule has 3 rings (SSSR count). The van der Waals surface area contributed by atoms with Crippen molar-refractivity contribution in [3.63, 3.8) is 0 Å². The molecule has 2 aromatic rings. The van der Waals surface area contributed by atoms with Gasteiger partial charge in [0, 0.05) is 19.4 Å². The summed E-state index contributed by atoms with van der Waals surface area (Å²) in [6.45, 7) is 0.978. The lowest BCUT2D eigenvalue weighted by Gasteiger charge is -2.30. The fourth-order valence-corrected chi connectivity index (χ4v) is 8.79. The minimum absolute atomic E-state index is 0.000235. The Morgan fingerprint density at radius 3 is 1.49 bits per heavy atom. The van der Waals surface area contributed by atoms with E-state index < -0.39 is 175 Å². The Balaban J connectivity index is 1.85. The Labute approximate surface area is 479 Å². The monoisotopic (exact) mass is 1190 g/mol. The first kappa shape index (κ1) is 68.8. The molecular formula is C51H73N13O18S. The number of carbonyl (C=O) groups is 13. The first-order chi connectivity index (χ1) is 39.1. The number of nitrogens with one attached hydrogen (secondary N) is 8. The van der Waals surface area contributed by atoms with Crippen LogP contribution in [0, 0.1) is 0 Å². The van der Waals surface area contributed by atoms with Crippen LogP contribution in [0.4, 0.5) is 0 Å². The van der Waals surface area contributed by atoms with E-state index in [4.69, 9.17) is 22.9 Å². The lowest BCUT2D eigenvalue weighted by atomic mass is 10.0. The van der Waals surface area contributed by atoms with Gasteiger partial charge in [0.25, 0.3) is 0 Å². The number of rotatable bonds is 34. The van der Waals surface area contributed by atoms with E-state index in [1.807, 2.05) is 0 Å². The number of hydrogen-bond acceptors (Lipinski definition) is 19. The Kier molecular flexibility index (Phi) is 27.7. The van der Waals surface area contributed by atoms with Crippen molar-refractivity contribution in [2.45, 2.75) is 138 Å². The number of aliphatic carboxylic acids is 1. The number of carboxylic acid groups (broad SMARTS) is 1. The Hall–Kier alpha value is -8.46. The number of carboxylic acids is 1. The third-order valence-electron chi connectivity index (χ3n) is 12.8. The van der Waals surface area contributed by atoms with Gasteiger partial charge in [0.2, 0.25) is 70.9 Å². The number of amides is 12. The van der Waals surface area contributed by atoms with Crippen molar-refractivity contribution < 1.29 is 87.9 Å². The number of carbonyl (C=O) groups excluding carboxylic acids is 12. The van der Waals surface area contributed by atoms with Gasteiger partial charge in [-0.2, -0.15) is 11.8 Å². The summed E-state index contributed by atoms with van der Waals surface area (Å²) in [5.41, 5.74) is 22.9. The molecule has 0 saturated carbocycles. The topological polar surface area (TPSA) is 527 Å². The number of aliphatic hydroxyl groups is 3. The molecule has 21 N–H and O–H groups in total. The van der Waals surface area contributed by atoms with E-state index in [-0.39, 0.29) is 44.4 Å². The Bertz CT molecular complexity index is 2650. The quantitative estimate of drug-likeness (QED) is 0.0309. The molecule has 0 unspecified atom stereocenters. The van der Waals surface area contributed by atoms with Crippen LogP contribution >= 0.6 is 11.8 Å². The number of aromatic hydroxyl groups is 1. The van der Waals surface area contributed by atoms with Crippen LogP contribution in [0.15, 0.2) is 54.6 Å². The number of hydrogen-bond donors (Lipinski definition) is 17. The molecule has 456 valence electrons. The highest BCUT2D eigenvalue weighted by molar-refractivity contribution is 7.98. The highest BCUT2D eigenvalue weighted by Crippen LogP contribution is 2.21. The molecular weight excluding hydrogens is 1110 g/mol. The third-order valence-corrected chi connectivity index (χ3v) is 13.4. The summed E-state index contributed by atoms with van der Waals surface area (Å²) >= 11 is 1.31. The van der Waals surface area contributed by atoms with Crippen LogP contribution in [0.5, 0.6) is 5.75 Å². The van der Waals surface area contributed by atoms with E-state index in [2.05, 4.69) is 42.5 Å². The van der Waals surface area contributed by atoms with Gasteiger partial charge in [0.15, 0.2) is 6.04 Å². The van der Waals surface area contributed by atoms with Crippen molar-refractivity contribution in [2.75, 3.05) is 25.2 Å². The van der Waals surface area contributed by atoms with Crippen LogP contribution in [-0.4, -0.2) is 205 Å². The highest BCUT2D eigenvalue weighted by Gasteiger charge is 2.41. The number of thioether (sulfide) groups is 1. The van der Waals surface area contributed by atoms with Gasteiger partial charge >= 0.3 is 5.97 Å². The molecule has 0 aliphatic carbocycles. The molecule has 1 aliphatic rings. The predicted molar refractivity (Wildman–Crippen MR) is 293 cm³/mol. The summed E-state index contributed by atoms with van der Waals surface area (Å²) < 4.78 is 0. The first-order valence-electron chi connectivity index (χ1n) is 25.9. The zero-order valence-corrected chi connectivity index (χ0v) is 46.4. The van der Waals surface area contributed by atoms with E-state index in [9.17, 15) is 87.9 Å². The van der Waals surface area contributed by atoms with Crippen LogP contribution in [-0.2, 0) is 75.2 Å². The maximum Gasteiger partial charge on any atom is 0.328 e. The van der Waals surface area contributed by atoms with Gasteiger partial charge in [0.05, 0.1) is 38.1 Å². The number of primary amides is 3. The molecule has 1 aliphatic heterocycles. The molecule has 0 radical (unpaired) electrons. The molecule has 2 aromatic carbocycles. The summed E-state index contributed by atoms with van der Waals surface area (Å²) in [6.07, 6.45) is -4.32. The molecule has 31 nitrogen and oxygen atoms in total. The fourth-order valence-electron chi connectivity index (χ4n) is 8.32. The van der Waals surface area contributed by atoms with Crippen molar-refractivity contribution in [2.24, 2.45) is 22.9 Å². The van der Waals surface area contributed by atoms with Gasteiger partial charge in [0.1, 0.15) is 60.1 Å². The van der Waals surface area contributed by atoms with Gasteiger partial charge in [-0.25, -0.2) is 4.79 Å². The number of phenolic OH excluding ortho intramolecular Hbond substituents is 1. The first-order valence-corrected chi connectivity index (χ1v) is 27.3. The summed E-state index contributed by atoms with van der Waals surface area (Å²) in [6, 6.07) is -3.17. The maximum atomic E-state index is 14.3. The molecule has 0 spiro atoms. The van der Waals surface area contributed by atoms with Gasteiger partial charge in [-0.15, -0.1) is 0 Å². The number of nitrogens with two attached hydrogens (primary N) is 4. The van der Waals surface area contributed by atoms with Crippen LogP contribution in [0.2, 0.25) is 0 Å². The van der Waals surface area contributed by atoms with E-state index in [1.54, 1.807) is 36.6 Å². The molecule has 12 atom stereocenters. The zero-order chi connectivity index (χ0) is 62.2. The zero-order valence-electron chi connectivity index (χ0n) is 45.6. The lowest BCUT2D eigenvalue weighted by molar-refractivity contribution is -0.145. The lowest BCUT2D eigenvalue weighted by Crippen LogP contribution is -2.62. The van der Waals surface area contributed by atoms with Crippen molar-refractivity contribution in [1.82, 2.24) is 47.4 Å². The highest BCUT2D eigenvalue weighted by atomic mass is 32.2. The maximum absolute atomic E-state index is 14.3. The minimum Gasteiger partial charge on any atom is -0.508 e. The second-order valence-electron chi connectivity index (χ2n) is 19.5. The number of phenols is 1. The third kappa shape index (κ3) is 22.4. The number of benzene rings is 2. The van der Waals surface area contributed by atoms with E-state index >= 15 is 0 Å². The minimum atomic E-state index is -2.03. The van der Waals surface area contributed by atoms with Gasteiger partial charge in [-0.3, -0.25) is 57.5 Å². The van der Waals surface area contributed by atoms with E-state index in [0.717, 1.165) is 11.8 Å². The van der Waals surface area contributed by atoms with E-state index in [0.29, 0.717) is 16.9 Å². The molecule has 12 amide bonds. The van der Waals surface area contributed by atoms with Crippen molar-refractivity contribution in [3.05, 3.63) is 65.7 Å². The van der Waals surface area contributed by atoms with Crippen LogP contribution in [0.1, 0.15) is 63.5 Å². The SMILES string of the molecule is CSCC[C@H](NC(=O)[C@H](Cc1ccccc1)NC(=O)[C@@H]1CCCN1C(=O)[C@H](CC(N)=O)NC(=O)[C@H](CO)NC(=O)[C@H](CC(N)=O)NC(=O)[C@H](CC(N)=O)NC(=O)[C@H](Cc1ccc(O)cc1)NC(=O)[C@@H](N)[C@@H](C)O)C(=O)N[C@H](C(=O)O)[C@@H](C)O. The summed E-state index contributed by atoms with van der Waals surface area (Å²) in [5, 5.41) is 67.8. The molecule has 0 bridgehead atoms. The molecule has 32 heteroatoms. The molecule has 0 aromatic heterocycles. The van der Waals surface area contributed by atoms with Crippen molar-refractivity contribution in [1.29, 1.82) is 0 Å². The predicted octanol–water partition coefficient (Wildman–Crippen LogP) is -7.41. The standard InChI is InChI=1S/C51H73N13O18S/c1-24(66)40(55)49(79)60-31(19-27-11-13-28(68)14-12-27)44(74)57-32(20-37(52)69)45(75)58-33(21-38(53)70)46(76)62-35(23-65)47(77)61-34(22-39(54)71)50(80)64-16-7-10-36(64)48(78)59-30(18-26-8-5-4-6-9-26)43(73)56-29(15-17-83-3)42(72)63-41(25(2)67)51(81)82/h4-6,8-9,11-14,24-25,29-36,40-41,65-68H,7,10,15-23,55H2,1-3H3,(H2,52,69)(H2,53,70)(H2,54,71)(H,56,73)(H,57,74)(H,58,75)(H,59,78)(H,60,79)(H,61,77)(H,62,76)(H,63,72)(H,81,82)/t24-,25-,29+,30+,31+,32+,33+,34+,35+,36+,40+,41+/m1/s1. The van der Waals surface area contributed by atoms with Crippen LogP contribution in [0.3, 0.4) is 0 Å². The number of nitrogens with zero attached hydrogens (tertiary/aromatic N) is 1. The van der Waals surface area contributed by atoms with Crippen LogP contribution < -0.4 is 65.5 Å². The average molecular weight is 1190 g/mol. The summed E-state index contributed by atoms with van der Waals surface area (Å²) in [5.74, 6) is -14.9. The largest absolute Gasteiger partial charge is 0.508 e. The fraction of sp³-hybridized carbons (Fsp3) is 0.510. The van der Waals surface area contributed by atoms with Crippen LogP contribution in [0.25, 0.3) is 0 Å². The molecule has 1 heterocycles. The Morgan fingerprint density at radius 1 is 0.578 bits per heavy atom. The van der Waals surface area contributed by atoms with Gasteiger partial charge in [-0.1, -0.05) is 42.5 Å². The summed E-state index contributed by atoms with van der Waals surface area (Å²) in [7, 11) is 0. The van der Waals surface area contributed by atoms with E-state index in [1.165, 1.54) is 43.0 Å². The van der Waals surface area contributed by atoms with Crippen molar-refractivity contribution >= 4 is 88.6 Å². The van der Waals surface area contributed by atoms with Gasteiger partial charge < -0.3 is 95.9 Å². The second kappa shape index (κ2) is 33.5. The second-order valence-corrected chi connectivity index (χ2v) is 20.5. The summed E-state index contributed by atoms with van der Waals surface area (Å²) in [4.78, 5) is 173. The number of likely N-dealkylation sites (tertiary alicyclic amines) is 1. The number of aliphatic hydroxyl groups excluding tert-OH is 3. The smallest absolute Gasteiger partial charge is 0.328 e. The Morgan fingerprint density at radius 2 is 1.01 bits per heavy atom.